The third-order valence-electron chi connectivity index (χ3n) is 2.28. The highest BCUT2D eigenvalue weighted by Crippen LogP contribution is 2.36. The van der Waals surface area contributed by atoms with Gasteiger partial charge in [-0.05, 0) is 50.0 Å². The van der Waals surface area contributed by atoms with Gasteiger partial charge in [0, 0.05) is 6.54 Å². The van der Waals surface area contributed by atoms with Crippen LogP contribution in [-0.4, -0.2) is 54.4 Å². The Morgan fingerprint density at radius 3 is 2.15 bits per heavy atom. The smallest absolute Gasteiger partial charge is 0.00400 e. The van der Waals surface area contributed by atoms with E-state index in [9.17, 15) is 0 Å². The highest BCUT2D eigenvalue weighted by Gasteiger charge is 2.06. The second kappa shape index (κ2) is 6.20. The second-order valence-electron chi connectivity index (χ2n) is 4.50. The van der Waals surface area contributed by atoms with Crippen molar-refractivity contribution >= 4 is 21.1 Å². The maximum Gasteiger partial charge on any atom is 0.00400 e. The number of rotatable bonds is 6. The Hall–Kier alpha value is 0.660. The predicted octanol–water partition coefficient (Wildman–Crippen LogP) is 2.57. The van der Waals surface area contributed by atoms with E-state index >= 15 is 0 Å². The molecule has 84 valence electrons. The van der Waals surface area contributed by atoms with E-state index in [0.717, 1.165) is 0 Å². The molecule has 13 heavy (non-hydrogen) atoms. The number of hydrogen-bond donors (Lipinski definition) is 1. The Bertz CT molecular complexity index is 131. The van der Waals surface area contributed by atoms with E-state index in [-0.39, 0.29) is 21.1 Å². The van der Waals surface area contributed by atoms with Crippen molar-refractivity contribution in [3.8, 4) is 0 Å². The number of nitrogens with zero attached hydrogens (tertiary/aromatic N) is 1. The van der Waals surface area contributed by atoms with Gasteiger partial charge >= 0.3 is 0 Å². The van der Waals surface area contributed by atoms with Crippen molar-refractivity contribution in [2.45, 2.75) is 13.3 Å². The van der Waals surface area contributed by atoms with Crippen LogP contribution in [0, 0.1) is 0 Å². The second-order valence-corrected chi connectivity index (χ2v) is 11.5. The normalized spacial score (nSPS) is 17.6. The summed E-state index contributed by atoms with van der Waals surface area (Å²) in [6.45, 7) is 3.44. The van der Waals surface area contributed by atoms with E-state index < -0.39 is 0 Å². The molecular weight excluding hydrogens is 198 g/mol. The Balaban J connectivity index is 3.53. The van der Waals surface area contributed by atoms with Crippen molar-refractivity contribution in [1.29, 1.82) is 0 Å². The van der Waals surface area contributed by atoms with Crippen molar-refractivity contribution in [3.63, 3.8) is 0 Å². The molecule has 0 aromatic carbocycles. The molecule has 1 unspecified atom stereocenters. The van der Waals surface area contributed by atoms with Crippen molar-refractivity contribution < 1.29 is 0 Å². The van der Waals surface area contributed by atoms with E-state index in [4.69, 9.17) is 0 Å². The van der Waals surface area contributed by atoms with Gasteiger partial charge in [-0.25, -0.2) is 21.1 Å². The summed E-state index contributed by atoms with van der Waals surface area (Å²) in [6, 6.07) is 0. The minimum Gasteiger partial charge on any atom is -0.274 e. The van der Waals surface area contributed by atoms with Crippen molar-refractivity contribution in [2.75, 3.05) is 50.1 Å². The fourth-order valence-electron chi connectivity index (χ4n) is 1.14. The van der Waals surface area contributed by atoms with Crippen molar-refractivity contribution in [3.05, 3.63) is 0 Å². The number of hydrogen-bond acceptors (Lipinski definition) is 1. The molecule has 0 aromatic rings. The zero-order valence-corrected chi connectivity index (χ0v) is 11.8. The molecular formula is C10H27NS2. The van der Waals surface area contributed by atoms with E-state index in [1.54, 1.807) is 0 Å². The minimum absolute atomic E-state index is 0.152. The zero-order valence-electron chi connectivity index (χ0n) is 10.1. The van der Waals surface area contributed by atoms with Gasteiger partial charge < -0.3 is 0 Å². The first-order valence-electron chi connectivity index (χ1n) is 4.95. The van der Waals surface area contributed by atoms with Gasteiger partial charge in [0.25, 0.3) is 0 Å². The Morgan fingerprint density at radius 2 is 1.77 bits per heavy atom. The maximum atomic E-state index is 2.49. The largest absolute Gasteiger partial charge is 0.274 e. The van der Waals surface area contributed by atoms with Crippen LogP contribution in [0.5, 0.6) is 0 Å². The molecule has 1 atom stereocenters. The zero-order chi connectivity index (χ0) is 10.5. The SMILES string of the molecule is CCN(C)[SH](C)CCCS(C)(C)C. The molecule has 0 radical (unpaired) electrons. The molecule has 0 amide bonds. The summed E-state index contributed by atoms with van der Waals surface area (Å²) in [5, 5.41) is 0. The molecule has 0 aliphatic heterocycles. The van der Waals surface area contributed by atoms with Gasteiger partial charge in [-0.1, -0.05) is 6.92 Å². The monoisotopic (exact) mass is 225 g/mol. The van der Waals surface area contributed by atoms with Crippen molar-refractivity contribution in [2.24, 2.45) is 0 Å². The van der Waals surface area contributed by atoms with E-state index in [1.807, 2.05) is 0 Å². The van der Waals surface area contributed by atoms with Crippen LogP contribution in [-0.2, 0) is 0 Å². The first-order valence-corrected chi connectivity index (χ1v) is 9.90. The Kier molecular flexibility index (Phi) is 6.52. The lowest BCUT2D eigenvalue weighted by Crippen LogP contribution is -2.16. The summed E-state index contributed by atoms with van der Waals surface area (Å²) in [6.07, 6.45) is 11.1. The molecule has 0 heterocycles. The lowest BCUT2D eigenvalue weighted by Gasteiger charge is -2.30. The highest BCUT2D eigenvalue weighted by molar-refractivity contribution is 8.32. The lowest BCUT2D eigenvalue weighted by atomic mass is 10.6. The molecule has 0 aliphatic carbocycles. The van der Waals surface area contributed by atoms with Crippen LogP contribution in [0.1, 0.15) is 13.3 Å². The molecule has 0 aliphatic rings. The molecule has 0 fully saturated rings. The average molecular weight is 225 g/mol. The quantitative estimate of drug-likeness (QED) is 0.680. The van der Waals surface area contributed by atoms with Gasteiger partial charge in [-0.15, -0.1) is 0 Å². The van der Waals surface area contributed by atoms with E-state index in [2.05, 4.69) is 43.3 Å². The van der Waals surface area contributed by atoms with Crippen LogP contribution >= 0.6 is 21.1 Å². The van der Waals surface area contributed by atoms with Gasteiger partial charge in [-0.2, -0.15) is 0 Å². The molecule has 3 heteroatoms. The average Bonchev–Trinajstić information content (AvgIpc) is 2.00. The van der Waals surface area contributed by atoms with Crippen LogP contribution in [0.4, 0.5) is 0 Å². The summed E-state index contributed by atoms with van der Waals surface area (Å²) < 4.78 is 2.49. The molecule has 0 rings (SSSR count). The summed E-state index contributed by atoms with van der Waals surface area (Å²) in [4.78, 5) is 0. The van der Waals surface area contributed by atoms with Gasteiger partial charge in [0.2, 0.25) is 0 Å². The third-order valence-corrected chi connectivity index (χ3v) is 6.20. The lowest BCUT2D eigenvalue weighted by molar-refractivity contribution is 0.594. The van der Waals surface area contributed by atoms with Gasteiger partial charge in [-0.3, -0.25) is 4.31 Å². The molecule has 0 spiro atoms. The van der Waals surface area contributed by atoms with Gasteiger partial charge in [0.05, 0.1) is 0 Å². The molecule has 0 N–H and O–H groups in total. The first-order chi connectivity index (χ1) is 5.87. The molecule has 0 bridgehead atoms. The van der Waals surface area contributed by atoms with Crippen LogP contribution < -0.4 is 0 Å². The topological polar surface area (TPSA) is 3.24 Å². The minimum atomic E-state index is -0.260. The fraction of sp³-hybridized carbons (Fsp3) is 1.00. The highest BCUT2D eigenvalue weighted by atomic mass is 32.3. The molecule has 0 saturated heterocycles. The summed E-state index contributed by atoms with van der Waals surface area (Å²) >= 11 is 0.152. The molecule has 1 nitrogen and oxygen atoms in total. The van der Waals surface area contributed by atoms with E-state index in [1.165, 1.54) is 24.5 Å². The first kappa shape index (κ1) is 13.7. The molecule has 0 saturated carbocycles. The van der Waals surface area contributed by atoms with Crippen LogP contribution in [0.25, 0.3) is 0 Å². The number of thiol groups is 1. The van der Waals surface area contributed by atoms with Crippen LogP contribution in [0.2, 0.25) is 0 Å². The maximum absolute atomic E-state index is 2.49. The van der Waals surface area contributed by atoms with E-state index in [0.29, 0.717) is 0 Å². The summed E-state index contributed by atoms with van der Waals surface area (Å²) in [5.74, 6) is 2.86. The Labute approximate surface area is 89.1 Å². The standard InChI is InChI=1S/C10H27NS2/c1-7-11(2)12(3)9-8-10-13(4,5)6/h12H,7-10H2,1-6H3. The van der Waals surface area contributed by atoms with Crippen molar-refractivity contribution in [1.82, 2.24) is 4.31 Å². The van der Waals surface area contributed by atoms with Crippen LogP contribution in [0.15, 0.2) is 0 Å². The summed E-state index contributed by atoms with van der Waals surface area (Å²) in [7, 11) is 1.99. The predicted molar refractivity (Wildman–Crippen MR) is 72.9 cm³/mol. The van der Waals surface area contributed by atoms with Crippen LogP contribution in [0.3, 0.4) is 0 Å². The fourth-order valence-corrected chi connectivity index (χ4v) is 3.80. The molecule has 0 aromatic heterocycles. The summed E-state index contributed by atoms with van der Waals surface area (Å²) in [5.41, 5.74) is 0. The van der Waals surface area contributed by atoms with Gasteiger partial charge in [0.15, 0.2) is 0 Å². The third kappa shape index (κ3) is 7.71. The van der Waals surface area contributed by atoms with Gasteiger partial charge in [0.1, 0.15) is 0 Å². The Morgan fingerprint density at radius 1 is 1.23 bits per heavy atom.